The van der Waals surface area contributed by atoms with Crippen LogP contribution in [0.3, 0.4) is 0 Å². The van der Waals surface area contributed by atoms with Gasteiger partial charge in [-0.15, -0.1) is 0 Å². The first-order chi connectivity index (χ1) is 9.27. The predicted molar refractivity (Wildman–Crippen MR) is 81.1 cm³/mol. The number of morpholine rings is 1. The molecule has 0 saturated carbocycles. The molecule has 5 nitrogen and oxygen atoms in total. The molecular formula is C13H18N2O3S2. The fourth-order valence-corrected chi connectivity index (χ4v) is 4.51. The van der Waals surface area contributed by atoms with Crippen LogP contribution in [0, 0.1) is 0 Å². The Bertz CT molecular complexity index is 626. The molecular weight excluding hydrogens is 296 g/mol. The maximum atomic E-state index is 12.9. The van der Waals surface area contributed by atoms with Crippen molar-refractivity contribution in [1.82, 2.24) is 4.31 Å². The topological polar surface area (TPSA) is 72.6 Å². The van der Waals surface area contributed by atoms with Gasteiger partial charge in [0.1, 0.15) is 4.99 Å². The Labute approximate surface area is 124 Å². The van der Waals surface area contributed by atoms with Crippen molar-refractivity contribution in [1.29, 1.82) is 0 Å². The van der Waals surface area contributed by atoms with Gasteiger partial charge in [-0.25, -0.2) is 8.42 Å². The van der Waals surface area contributed by atoms with Gasteiger partial charge in [-0.2, -0.15) is 4.31 Å². The van der Waals surface area contributed by atoms with Crippen molar-refractivity contribution < 1.29 is 13.2 Å². The molecule has 1 saturated heterocycles. The Morgan fingerprint density at radius 3 is 2.65 bits per heavy atom. The van der Waals surface area contributed by atoms with E-state index in [-0.39, 0.29) is 9.88 Å². The van der Waals surface area contributed by atoms with E-state index in [1.54, 1.807) is 18.2 Å². The highest BCUT2D eigenvalue weighted by atomic mass is 32.2. The molecule has 1 aromatic carbocycles. The zero-order chi connectivity index (χ0) is 15.0. The van der Waals surface area contributed by atoms with Crippen LogP contribution in [0.4, 0.5) is 0 Å². The van der Waals surface area contributed by atoms with Crippen LogP contribution in [0.15, 0.2) is 29.2 Å². The molecule has 110 valence electrons. The predicted octanol–water partition coefficient (Wildman–Crippen LogP) is 1.12. The summed E-state index contributed by atoms with van der Waals surface area (Å²) in [4.78, 5) is 0.234. The minimum Gasteiger partial charge on any atom is -0.389 e. The van der Waals surface area contributed by atoms with Gasteiger partial charge < -0.3 is 10.5 Å². The van der Waals surface area contributed by atoms with Gasteiger partial charge in [-0.05, 0) is 19.9 Å². The maximum Gasteiger partial charge on any atom is 0.244 e. The molecule has 0 aromatic heterocycles. The Balaban J connectivity index is 2.53. The lowest BCUT2D eigenvalue weighted by molar-refractivity contribution is -0.00771. The largest absolute Gasteiger partial charge is 0.389 e. The number of benzene rings is 1. The molecule has 0 radical (unpaired) electrons. The third kappa shape index (κ3) is 2.71. The summed E-state index contributed by atoms with van der Waals surface area (Å²) in [5.41, 5.74) is 5.41. The number of sulfonamides is 1. The van der Waals surface area contributed by atoms with Crippen molar-refractivity contribution in [3.63, 3.8) is 0 Å². The smallest absolute Gasteiger partial charge is 0.244 e. The normalized spacial score (nSPS) is 19.7. The molecule has 1 aliphatic rings. The van der Waals surface area contributed by atoms with Crippen molar-refractivity contribution in [3.05, 3.63) is 29.8 Å². The van der Waals surface area contributed by atoms with Gasteiger partial charge in [0, 0.05) is 12.1 Å². The second kappa shape index (κ2) is 5.40. The third-order valence-electron chi connectivity index (χ3n) is 3.29. The van der Waals surface area contributed by atoms with Gasteiger partial charge >= 0.3 is 0 Å². The van der Waals surface area contributed by atoms with Crippen LogP contribution in [-0.4, -0.2) is 43.0 Å². The van der Waals surface area contributed by atoms with E-state index in [1.807, 2.05) is 13.8 Å². The summed E-state index contributed by atoms with van der Waals surface area (Å²) >= 11 is 4.95. The Hall–Kier alpha value is -1.02. The highest BCUT2D eigenvalue weighted by Crippen LogP contribution is 2.29. The molecule has 0 aliphatic carbocycles. The second-order valence-electron chi connectivity index (χ2n) is 5.30. The first-order valence-electron chi connectivity index (χ1n) is 6.26. The number of nitrogens with zero attached hydrogens (tertiary/aromatic N) is 1. The van der Waals surface area contributed by atoms with Crippen LogP contribution in [0.5, 0.6) is 0 Å². The van der Waals surface area contributed by atoms with Crippen molar-refractivity contribution in [3.8, 4) is 0 Å². The summed E-state index contributed by atoms with van der Waals surface area (Å²) in [7, 11) is -3.66. The van der Waals surface area contributed by atoms with E-state index >= 15 is 0 Å². The molecule has 1 fully saturated rings. The van der Waals surface area contributed by atoms with Crippen molar-refractivity contribution in [2.75, 3.05) is 19.8 Å². The summed E-state index contributed by atoms with van der Waals surface area (Å²) in [6, 6.07) is 6.55. The minimum absolute atomic E-state index is 0.0789. The summed E-state index contributed by atoms with van der Waals surface area (Å²) in [5.74, 6) is 0. The van der Waals surface area contributed by atoms with Gasteiger partial charge in [-0.1, -0.05) is 30.4 Å². The summed E-state index contributed by atoms with van der Waals surface area (Å²) in [5, 5.41) is 0. The minimum atomic E-state index is -3.66. The molecule has 1 heterocycles. The Kier molecular flexibility index (Phi) is 4.15. The molecule has 7 heteroatoms. The first kappa shape index (κ1) is 15.4. The van der Waals surface area contributed by atoms with E-state index in [1.165, 1.54) is 10.4 Å². The van der Waals surface area contributed by atoms with Gasteiger partial charge in [0.25, 0.3) is 0 Å². The Morgan fingerprint density at radius 1 is 1.40 bits per heavy atom. The second-order valence-corrected chi connectivity index (χ2v) is 7.57. The van der Waals surface area contributed by atoms with Gasteiger partial charge in [0.2, 0.25) is 10.0 Å². The highest BCUT2D eigenvalue weighted by Gasteiger charge is 2.40. The van der Waals surface area contributed by atoms with Gasteiger partial charge in [-0.3, -0.25) is 0 Å². The van der Waals surface area contributed by atoms with Crippen LogP contribution < -0.4 is 5.73 Å². The number of hydrogen-bond donors (Lipinski definition) is 1. The number of ether oxygens (including phenoxy) is 1. The van der Waals surface area contributed by atoms with E-state index in [9.17, 15) is 8.42 Å². The molecule has 0 spiro atoms. The number of nitrogens with two attached hydrogens (primary N) is 1. The van der Waals surface area contributed by atoms with Crippen LogP contribution in [-0.2, 0) is 14.8 Å². The van der Waals surface area contributed by atoms with Crippen LogP contribution in [0.25, 0.3) is 0 Å². The first-order valence-corrected chi connectivity index (χ1v) is 8.11. The molecule has 20 heavy (non-hydrogen) atoms. The van der Waals surface area contributed by atoms with Crippen molar-refractivity contribution in [2.45, 2.75) is 24.3 Å². The van der Waals surface area contributed by atoms with Crippen molar-refractivity contribution in [2.24, 2.45) is 5.73 Å². The van der Waals surface area contributed by atoms with Crippen molar-refractivity contribution >= 4 is 27.2 Å². The SMILES string of the molecule is CC1(C)COCCN1S(=O)(=O)c1ccccc1C(N)=S. The Morgan fingerprint density at radius 2 is 2.05 bits per heavy atom. The lowest BCUT2D eigenvalue weighted by Crippen LogP contribution is -2.55. The molecule has 0 unspecified atom stereocenters. The zero-order valence-corrected chi connectivity index (χ0v) is 13.1. The fraction of sp³-hybridized carbons (Fsp3) is 0.462. The van der Waals surface area contributed by atoms with Gasteiger partial charge in [0.15, 0.2) is 0 Å². The number of rotatable bonds is 3. The van der Waals surface area contributed by atoms with E-state index < -0.39 is 15.6 Å². The van der Waals surface area contributed by atoms with E-state index in [2.05, 4.69) is 0 Å². The summed E-state index contributed by atoms with van der Waals surface area (Å²) < 4.78 is 32.6. The zero-order valence-electron chi connectivity index (χ0n) is 11.5. The lowest BCUT2D eigenvalue weighted by atomic mass is 10.1. The van der Waals surface area contributed by atoms with Crippen LogP contribution >= 0.6 is 12.2 Å². The van der Waals surface area contributed by atoms with E-state index in [0.717, 1.165) is 0 Å². The van der Waals surface area contributed by atoms with Crippen LogP contribution in [0.1, 0.15) is 19.4 Å². The molecule has 0 atom stereocenters. The molecule has 0 amide bonds. The lowest BCUT2D eigenvalue weighted by Gasteiger charge is -2.41. The molecule has 1 aromatic rings. The molecule has 2 rings (SSSR count). The summed E-state index contributed by atoms with van der Waals surface area (Å²) in [6.07, 6.45) is 0. The third-order valence-corrected chi connectivity index (χ3v) is 5.68. The highest BCUT2D eigenvalue weighted by molar-refractivity contribution is 7.89. The van der Waals surface area contributed by atoms with Gasteiger partial charge in [0.05, 0.1) is 23.6 Å². The molecule has 0 bridgehead atoms. The average Bonchev–Trinajstić information content (AvgIpc) is 2.37. The monoisotopic (exact) mass is 314 g/mol. The number of hydrogen-bond acceptors (Lipinski definition) is 4. The quantitative estimate of drug-likeness (QED) is 0.847. The van der Waals surface area contributed by atoms with E-state index in [4.69, 9.17) is 22.7 Å². The standard InChI is InChI=1S/C13H18N2O3S2/c1-13(2)9-18-8-7-15(13)20(16,17)11-6-4-3-5-10(11)12(14)19/h3-6H,7-9H2,1-2H3,(H2,14,19). The fourth-order valence-electron chi connectivity index (χ4n) is 2.30. The molecule has 2 N–H and O–H groups in total. The summed E-state index contributed by atoms with van der Waals surface area (Å²) in [6.45, 7) is 4.75. The van der Waals surface area contributed by atoms with Crippen LogP contribution in [0.2, 0.25) is 0 Å². The average molecular weight is 314 g/mol. The number of thiocarbonyl (C=S) groups is 1. The maximum absolute atomic E-state index is 12.9. The van der Waals surface area contributed by atoms with E-state index in [0.29, 0.717) is 25.3 Å². The molecule has 1 aliphatic heterocycles.